The van der Waals surface area contributed by atoms with Gasteiger partial charge in [0.15, 0.2) is 6.61 Å². The first-order valence-electron chi connectivity index (χ1n) is 10.2. The Bertz CT molecular complexity index is 813. The number of ether oxygens (including phenoxy) is 2. The van der Waals surface area contributed by atoms with Crippen LogP contribution in [-0.2, 0) is 16.1 Å². The molecule has 2 aromatic carbocycles. The molecule has 1 atom stereocenters. The van der Waals surface area contributed by atoms with Crippen LogP contribution in [0, 0.1) is 0 Å². The lowest BCUT2D eigenvalue weighted by atomic mass is 10.1. The Labute approximate surface area is 179 Å². The second kappa shape index (κ2) is 10.7. The number of benzene rings is 2. The van der Waals surface area contributed by atoms with Crippen molar-refractivity contribution >= 4 is 11.8 Å². The molecule has 0 saturated heterocycles. The summed E-state index contributed by atoms with van der Waals surface area (Å²) < 4.78 is 10.8. The first kappa shape index (κ1) is 23.3. The molecule has 6 heteroatoms. The van der Waals surface area contributed by atoms with Crippen molar-refractivity contribution in [3.05, 3.63) is 60.2 Å². The van der Waals surface area contributed by atoms with Crippen LogP contribution in [-0.4, -0.2) is 42.0 Å². The van der Waals surface area contributed by atoms with E-state index in [-0.39, 0.29) is 24.0 Å². The van der Waals surface area contributed by atoms with Crippen LogP contribution in [0.4, 0.5) is 0 Å². The van der Waals surface area contributed by atoms with E-state index in [1.54, 1.807) is 36.3 Å². The van der Waals surface area contributed by atoms with Gasteiger partial charge in [-0.1, -0.05) is 37.3 Å². The summed E-state index contributed by atoms with van der Waals surface area (Å²) in [6.45, 7) is 7.86. The van der Waals surface area contributed by atoms with E-state index in [0.29, 0.717) is 24.5 Å². The number of nitrogens with one attached hydrogen (secondary N) is 1. The SMILES string of the molecule is CC[C@@H](C(=O)NC(C)(C)C)N(Cc1ccccc1)C(=O)COc1ccc(OC)cc1. The van der Waals surface area contributed by atoms with Gasteiger partial charge in [0.05, 0.1) is 7.11 Å². The smallest absolute Gasteiger partial charge is 0.261 e. The van der Waals surface area contributed by atoms with E-state index in [1.807, 2.05) is 58.0 Å². The summed E-state index contributed by atoms with van der Waals surface area (Å²) in [7, 11) is 1.59. The zero-order chi connectivity index (χ0) is 22.1. The Hall–Kier alpha value is -3.02. The summed E-state index contributed by atoms with van der Waals surface area (Å²) in [5.74, 6) is 0.865. The highest BCUT2D eigenvalue weighted by molar-refractivity contribution is 5.88. The number of methoxy groups -OCH3 is 1. The molecule has 6 nitrogen and oxygen atoms in total. The number of carbonyl (C=O) groups excluding carboxylic acids is 2. The Morgan fingerprint density at radius 2 is 1.60 bits per heavy atom. The molecule has 0 spiro atoms. The standard InChI is InChI=1S/C24H32N2O4/c1-6-21(23(28)25-24(2,3)4)26(16-18-10-8-7-9-11-18)22(27)17-30-20-14-12-19(29-5)13-15-20/h7-15,21H,6,16-17H2,1-5H3,(H,25,28)/t21-/m0/s1. The molecular weight excluding hydrogens is 380 g/mol. The molecule has 0 bridgehead atoms. The predicted molar refractivity (Wildman–Crippen MR) is 117 cm³/mol. The van der Waals surface area contributed by atoms with Crippen LogP contribution in [0.1, 0.15) is 39.7 Å². The quantitative estimate of drug-likeness (QED) is 0.680. The van der Waals surface area contributed by atoms with Crippen LogP contribution in [0.5, 0.6) is 11.5 Å². The molecule has 0 heterocycles. The zero-order valence-corrected chi connectivity index (χ0v) is 18.5. The fourth-order valence-electron chi connectivity index (χ4n) is 3.05. The lowest BCUT2D eigenvalue weighted by Crippen LogP contribution is -2.54. The van der Waals surface area contributed by atoms with Crippen LogP contribution in [0.3, 0.4) is 0 Å². The van der Waals surface area contributed by atoms with E-state index in [9.17, 15) is 9.59 Å². The van der Waals surface area contributed by atoms with Gasteiger partial charge in [-0.05, 0) is 57.0 Å². The van der Waals surface area contributed by atoms with Crippen LogP contribution < -0.4 is 14.8 Å². The fraction of sp³-hybridized carbons (Fsp3) is 0.417. The minimum Gasteiger partial charge on any atom is -0.497 e. The molecule has 0 fully saturated rings. The molecule has 2 rings (SSSR count). The van der Waals surface area contributed by atoms with Crippen molar-refractivity contribution < 1.29 is 19.1 Å². The minimum absolute atomic E-state index is 0.154. The van der Waals surface area contributed by atoms with Crippen molar-refractivity contribution in [1.29, 1.82) is 0 Å². The van der Waals surface area contributed by atoms with Crippen molar-refractivity contribution in [2.75, 3.05) is 13.7 Å². The molecule has 30 heavy (non-hydrogen) atoms. The maximum Gasteiger partial charge on any atom is 0.261 e. The molecule has 0 saturated carbocycles. The summed E-state index contributed by atoms with van der Waals surface area (Å²) in [4.78, 5) is 27.6. The highest BCUT2D eigenvalue weighted by Crippen LogP contribution is 2.18. The third-order valence-corrected chi connectivity index (χ3v) is 4.50. The lowest BCUT2D eigenvalue weighted by molar-refractivity contribution is -0.143. The molecule has 2 amide bonds. The highest BCUT2D eigenvalue weighted by Gasteiger charge is 2.30. The predicted octanol–water partition coefficient (Wildman–Crippen LogP) is 3.80. The van der Waals surface area contributed by atoms with Crippen molar-refractivity contribution in [2.45, 2.75) is 52.2 Å². The van der Waals surface area contributed by atoms with Crippen molar-refractivity contribution in [3.63, 3.8) is 0 Å². The summed E-state index contributed by atoms with van der Waals surface area (Å²) >= 11 is 0. The van der Waals surface area contributed by atoms with Gasteiger partial charge in [-0.25, -0.2) is 0 Å². The summed E-state index contributed by atoms with van der Waals surface area (Å²) in [5.41, 5.74) is 0.572. The fourth-order valence-corrected chi connectivity index (χ4v) is 3.05. The van der Waals surface area contributed by atoms with E-state index in [0.717, 1.165) is 5.56 Å². The largest absolute Gasteiger partial charge is 0.497 e. The number of hydrogen-bond donors (Lipinski definition) is 1. The van der Waals surface area contributed by atoms with E-state index in [2.05, 4.69) is 5.32 Å². The monoisotopic (exact) mass is 412 g/mol. The molecule has 1 N–H and O–H groups in total. The average Bonchev–Trinajstić information content (AvgIpc) is 2.71. The third kappa shape index (κ3) is 7.10. The van der Waals surface area contributed by atoms with Gasteiger partial charge in [-0.3, -0.25) is 9.59 Å². The number of amides is 2. The Kier molecular flexibility index (Phi) is 8.27. The molecular formula is C24H32N2O4. The molecule has 0 aliphatic heterocycles. The van der Waals surface area contributed by atoms with Gasteiger partial charge in [0.2, 0.25) is 5.91 Å². The molecule has 0 aliphatic rings. The van der Waals surface area contributed by atoms with Gasteiger partial charge >= 0.3 is 0 Å². The maximum absolute atomic E-state index is 13.1. The normalized spacial score (nSPS) is 12.0. The first-order chi connectivity index (χ1) is 14.2. The van der Waals surface area contributed by atoms with Gasteiger partial charge in [0.25, 0.3) is 5.91 Å². The average molecular weight is 413 g/mol. The van der Waals surface area contributed by atoms with E-state index in [1.165, 1.54) is 0 Å². The van der Waals surface area contributed by atoms with E-state index < -0.39 is 6.04 Å². The lowest BCUT2D eigenvalue weighted by Gasteiger charge is -2.33. The summed E-state index contributed by atoms with van der Waals surface area (Å²) in [5, 5.41) is 2.99. The van der Waals surface area contributed by atoms with Gasteiger partial charge in [0, 0.05) is 12.1 Å². The number of rotatable bonds is 9. The van der Waals surface area contributed by atoms with Crippen LogP contribution >= 0.6 is 0 Å². The van der Waals surface area contributed by atoms with E-state index in [4.69, 9.17) is 9.47 Å². The molecule has 162 valence electrons. The van der Waals surface area contributed by atoms with Crippen molar-refractivity contribution in [2.24, 2.45) is 0 Å². The Balaban J connectivity index is 2.17. The molecule has 2 aromatic rings. The third-order valence-electron chi connectivity index (χ3n) is 4.50. The molecule has 0 radical (unpaired) electrons. The topological polar surface area (TPSA) is 67.9 Å². The van der Waals surface area contributed by atoms with Gasteiger partial charge in [0.1, 0.15) is 17.5 Å². The molecule has 0 aliphatic carbocycles. The van der Waals surface area contributed by atoms with Crippen LogP contribution in [0.25, 0.3) is 0 Å². The van der Waals surface area contributed by atoms with Crippen LogP contribution in [0.2, 0.25) is 0 Å². The first-order valence-corrected chi connectivity index (χ1v) is 10.2. The second-order valence-electron chi connectivity index (χ2n) is 8.13. The van der Waals surface area contributed by atoms with Gasteiger partial charge in [-0.2, -0.15) is 0 Å². The summed E-state index contributed by atoms with van der Waals surface area (Å²) in [6, 6.07) is 16.1. The Morgan fingerprint density at radius 3 is 2.13 bits per heavy atom. The Morgan fingerprint density at radius 1 is 1.00 bits per heavy atom. The minimum atomic E-state index is -0.587. The van der Waals surface area contributed by atoms with Gasteiger partial charge in [-0.15, -0.1) is 0 Å². The number of nitrogens with zero attached hydrogens (tertiary/aromatic N) is 1. The van der Waals surface area contributed by atoms with Gasteiger partial charge < -0.3 is 19.7 Å². The number of carbonyl (C=O) groups is 2. The maximum atomic E-state index is 13.1. The zero-order valence-electron chi connectivity index (χ0n) is 18.5. The van der Waals surface area contributed by atoms with Crippen molar-refractivity contribution in [1.82, 2.24) is 10.2 Å². The second-order valence-corrected chi connectivity index (χ2v) is 8.13. The summed E-state index contributed by atoms with van der Waals surface area (Å²) in [6.07, 6.45) is 0.503. The highest BCUT2D eigenvalue weighted by atomic mass is 16.5. The number of hydrogen-bond acceptors (Lipinski definition) is 4. The molecule has 0 unspecified atom stereocenters. The molecule has 0 aromatic heterocycles. The van der Waals surface area contributed by atoms with Crippen molar-refractivity contribution in [3.8, 4) is 11.5 Å². The van der Waals surface area contributed by atoms with Crippen LogP contribution in [0.15, 0.2) is 54.6 Å². The van der Waals surface area contributed by atoms with E-state index >= 15 is 0 Å².